The molecule has 1 aromatic carbocycles. The van der Waals surface area contributed by atoms with E-state index in [1.807, 2.05) is 0 Å². The number of hydrogen-bond acceptors (Lipinski definition) is 8. The van der Waals surface area contributed by atoms with Gasteiger partial charge in [-0.25, -0.2) is 9.97 Å². The van der Waals surface area contributed by atoms with E-state index >= 15 is 0 Å². The molecule has 3 aromatic rings. The van der Waals surface area contributed by atoms with Crippen LogP contribution in [-0.4, -0.2) is 46.8 Å². The highest BCUT2D eigenvalue weighted by Gasteiger charge is 2.26. The number of likely N-dealkylation sites (N-methyl/N-ethyl adjacent to an activating group) is 1. The molecule has 1 aliphatic carbocycles. The highest BCUT2D eigenvalue weighted by molar-refractivity contribution is 7.69. The maximum absolute atomic E-state index is 12.4. The number of nitrogens with zero attached hydrogens (tertiary/aromatic N) is 5. The lowest BCUT2D eigenvalue weighted by Gasteiger charge is -2.34. The molecule has 0 radical (unpaired) electrons. The summed E-state index contributed by atoms with van der Waals surface area (Å²) in [5, 5.41) is 16.0. The van der Waals surface area contributed by atoms with Crippen molar-refractivity contribution in [1.82, 2.24) is 19.9 Å². The molecule has 34 heavy (non-hydrogen) atoms. The van der Waals surface area contributed by atoms with Crippen LogP contribution in [0.1, 0.15) is 28.2 Å². The lowest BCUT2D eigenvalue weighted by molar-refractivity contribution is 0.296. The fourth-order valence-electron chi connectivity index (χ4n) is 4.59. The minimum atomic E-state index is -2.52. The molecule has 5 rings (SSSR count). The molecule has 8 nitrogen and oxygen atoms in total. The Morgan fingerprint density at radius 1 is 1.18 bits per heavy atom. The maximum Gasteiger partial charge on any atom is 0.229 e. The Morgan fingerprint density at radius 2 is 2.00 bits per heavy atom. The second kappa shape index (κ2) is 8.68. The van der Waals surface area contributed by atoms with Crippen LogP contribution in [0.2, 0.25) is 0 Å². The SMILES string of the molecule is CN1Cc2cc(Nc3ncc(C#N)c(Nc4cccc(P(C)(C)=O)n4)n3)cc3c2C(C=CC3)C1. The van der Waals surface area contributed by atoms with Crippen LogP contribution in [0.4, 0.5) is 23.3 Å². The number of benzene rings is 1. The summed E-state index contributed by atoms with van der Waals surface area (Å²) in [6.07, 6.45) is 6.96. The number of hydrogen-bond donors (Lipinski definition) is 2. The summed E-state index contributed by atoms with van der Waals surface area (Å²) >= 11 is 0. The minimum Gasteiger partial charge on any atom is -0.324 e. The zero-order valence-electron chi connectivity index (χ0n) is 19.4. The van der Waals surface area contributed by atoms with Crippen molar-refractivity contribution in [3.8, 4) is 6.07 Å². The molecular weight excluding hydrogens is 445 g/mol. The quantitative estimate of drug-likeness (QED) is 0.423. The average molecular weight is 472 g/mol. The van der Waals surface area contributed by atoms with Crippen molar-refractivity contribution in [2.45, 2.75) is 18.9 Å². The zero-order valence-corrected chi connectivity index (χ0v) is 20.3. The van der Waals surface area contributed by atoms with E-state index < -0.39 is 7.14 Å². The predicted molar refractivity (Wildman–Crippen MR) is 135 cm³/mol. The van der Waals surface area contributed by atoms with Crippen molar-refractivity contribution in [3.63, 3.8) is 0 Å². The summed E-state index contributed by atoms with van der Waals surface area (Å²) in [5.74, 6) is 1.64. The van der Waals surface area contributed by atoms with Crippen molar-refractivity contribution in [3.05, 3.63) is 70.9 Å². The molecule has 3 heterocycles. The lowest BCUT2D eigenvalue weighted by Crippen LogP contribution is -2.31. The van der Waals surface area contributed by atoms with Gasteiger partial charge in [0, 0.05) is 24.7 Å². The van der Waals surface area contributed by atoms with Crippen molar-refractivity contribution >= 4 is 35.8 Å². The Labute approximate surface area is 199 Å². The van der Waals surface area contributed by atoms with Crippen LogP contribution in [0.15, 0.2) is 48.7 Å². The van der Waals surface area contributed by atoms with Gasteiger partial charge in [-0.1, -0.05) is 18.2 Å². The molecule has 172 valence electrons. The van der Waals surface area contributed by atoms with Gasteiger partial charge in [-0.05, 0) is 67.8 Å². The number of nitriles is 1. The second-order valence-corrected chi connectivity index (χ2v) is 12.4. The molecule has 0 fully saturated rings. The normalized spacial score (nSPS) is 17.1. The first kappa shape index (κ1) is 22.3. The Bertz CT molecular complexity index is 1390. The molecule has 2 aliphatic rings. The molecule has 0 spiro atoms. The Balaban J connectivity index is 1.45. The van der Waals surface area contributed by atoms with Gasteiger partial charge < -0.3 is 20.1 Å². The summed E-state index contributed by atoms with van der Waals surface area (Å²) in [6.45, 7) is 5.30. The van der Waals surface area contributed by atoms with Crippen LogP contribution in [0.5, 0.6) is 0 Å². The summed E-state index contributed by atoms with van der Waals surface area (Å²) in [4.78, 5) is 15.7. The molecule has 1 atom stereocenters. The fourth-order valence-corrected chi connectivity index (χ4v) is 5.38. The predicted octanol–water partition coefficient (Wildman–Crippen LogP) is 4.12. The first-order valence-corrected chi connectivity index (χ1v) is 13.7. The number of anilines is 4. The molecule has 0 saturated carbocycles. The van der Waals surface area contributed by atoms with E-state index in [9.17, 15) is 9.83 Å². The monoisotopic (exact) mass is 471 g/mol. The van der Waals surface area contributed by atoms with Gasteiger partial charge in [0.05, 0.1) is 6.20 Å². The number of allylic oxidation sites excluding steroid dienone is 1. The van der Waals surface area contributed by atoms with E-state index in [0.717, 1.165) is 25.2 Å². The van der Waals surface area contributed by atoms with E-state index in [-0.39, 0.29) is 0 Å². The third kappa shape index (κ3) is 4.45. The molecule has 0 amide bonds. The Morgan fingerprint density at radius 3 is 2.79 bits per heavy atom. The lowest BCUT2D eigenvalue weighted by atomic mass is 9.81. The summed E-state index contributed by atoms with van der Waals surface area (Å²) in [7, 11) is -0.371. The molecule has 0 bridgehead atoms. The van der Waals surface area contributed by atoms with Crippen molar-refractivity contribution < 1.29 is 4.57 Å². The van der Waals surface area contributed by atoms with Crippen LogP contribution in [0, 0.1) is 11.3 Å². The highest BCUT2D eigenvalue weighted by Crippen LogP contribution is 2.37. The highest BCUT2D eigenvalue weighted by atomic mass is 31.2. The molecule has 0 saturated heterocycles. The number of nitrogens with one attached hydrogen (secondary N) is 2. The van der Waals surface area contributed by atoms with Gasteiger partial charge in [-0.3, -0.25) is 0 Å². The number of aromatic nitrogens is 3. The molecule has 1 unspecified atom stereocenters. The fraction of sp³-hybridized carbons (Fsp3) is 0.280. The maximum atomic E-state index is 12.4. The van der Waals surface area contributed by atoms with Gasteiger partial charge in [0.15, 0.2) is 5.82 Å². The summed E-state index contributed by atoms with van der Waals surface area (Å²) in [6, 6.07) is 11.7. The van der Waals surface area contributed by atoms with Gasteiger partial charge in [0.1, 0.15) is 30.0 Å². The van der Waals surface area contributed by atoms with Gasteiger partial charge in [0.25, 0.3) is 0 Å². The Kier molecular flexibility index (Phi) is 5.68. The third-order valence-electron chi connectivity index (χ3n) is 6.07. The van der Waals surface area contributed by atoms with Crippen LogP contribution < -0.4 is 16.1 Å². The largest absolute Gasteiger partial charge is 0.324 e. The molecule has 9 heteroatoms. The third-order valence-corrected chi connectivity index (χ3v) is 7.43. The Hall–Kier alpha value is -3.53. The number of pyridine rings is 1. The van der Waals surface area contributed by atoms with E-state index in [1.54, 1.807) is 31.5 Å². The van der Waals surface area contributed by atoms with Crippen LogP contribution in [-0.2, 0) is 17.5 Å². The van der Waals surface area contributed by atoms with E-state index in [2.05, 4.69) is 67.9 Å². The number of rotatable bonds is 5. The first-order chi connectivity index (χ1) is 16.3. The van der Waals surface area contributed by atoms with Crippen LogP contribution >= 0.6 is 7.14 Å². The van der Waals surface area contributed by atoms with E-state index in [1.165, 1.54) is 22.9 Å². The first-order valence-electron chi connectivity index (χ1n) is 11.1. The van der Waals surface area contributed by atoms with Gasteiger partial charge >= 0.3 is 0 Å². The van der Waals surface area contributed by atoms with Gasteiger partial charge in [0.2, 0.25) is 5.95 Å². The molecular formula is C25H26N7OP. The van der Waals surface area contributed by atoms with Gasteiger partial charge in [-0.15, -0.1) is 0 Å². The summed E-state index contributed by atoms with van der Waals surface area (Å²) in [5.41, 5.74) is 5.83. The molecule has 2 aromatic heterocycles. The average Bonchev–Trinajstić information content (AvgIpc) is 2.79. The van der Waals surface area contributed by atoms with Crippen LogP contribution in [0.25, 0.3) is 0 Å². The molecule has 1 aliphatic heterocycles. The topological polar surface area (TPSA) is 107 Å². The zero-order chi connectivity index (χ0) is 23.9. The van der Waals surface area contributed by atoms with E-state index in [0.29, 0.717) is 34.5 Å². The summed E-state index contributed by atoms with van der Waals surface area (Å²) < 4.78 is 12.4. The second-order valence-electron chi connectivity index (χ2n) is 9.19. The standard InChI is InChI=1S/C25H26N7OP/c1-32-14-17-7-4-6-16-10-20(11-18(15-32)23(16)17)28-25-27-13-19(12-26)24(31-25)30-21-8-5-9-22(29-21)34(2,3)33/h4-5,7-11,13,17H,6,14-15H2,1-3H3,(H2,27,28,29,30,31). The van der Waals surface area contributed by atoms with Crippen molar-refractivity contribution in [2.24, 2.45) is 0 Å². The van der Waals surface area contributed by atoms with Gasteiger partial charge in [-0.2, -0.15) is 10.2 Å². The van der Waals surface area contributed by atoms with Crippen LogP contribution in [0.3, 0.4) is 0 Å². The van der Waals surface area contributed by atoms with Crippen molar-refractivity contribution in [1.29, 1.82) is 5.26 Å². The smallest absolute Gasteiger partial charge is 0.229 e. The van der Waals surface area contributed by atoms with E-state index in [4.69, 9.17) is 0 Å². The molecule has 2 N–H and O–H groups in total. The minimum absolute atomic E-state index is 0.295. The van der Waals surface area contributed by atoms with Crippen molar-refractivity contribution in [2.75, 3.05) is 37.6 Å².